The van der Waals surface area contributed by atoms with Crippen LogP contribution in [-0.2, 0) is 24.5 Å². The maximum absolute atomic E-state index is 13.6. The highest BCUT2D eigenvalue weighted by molar-refractivity contribution is 6.35. The lowest BCUT2D eigenvalue weighted by molar-refractivity contribution is -0.147. The van der Waals surface area contributed by atoms with Crippen molar-refractivity contribution in [3.63, 3.8) is 0 Å². The number of ketones is 1. The predicted molar refractivity (Wildman–Crippen MR) is 107 cm³/mol. The zero-order valence-electron chi connectivity index (χ0n) is 16.6. The summed E-state index contributed by atoms with van der Waals surface area (Å²) < 4.78 is 5.43. The van der Waals surface area contributed by atoms with E-state index in [9.17, 15) is 24.6 Å². The smallest absolute Gasteiger partial charge is 0.323 e. The molecule has 1 fully saturated rings. The van der Waals surface area contributed by atoms with Gasteiger partial charge in [-0.3, -0.25) is 14.4 Å². The summed E-state index contributed by atoms with van der Waals surface area (Å²) >= 11 is 6.36. The molecule has 3 rings (SSSR count). The molecule has 1 aromatic carbocycles. The minimum absolute atomic E-state index is 0.226. The maximum atomic E-state index is 13.6. The molecule has 0 atom stereocenters. The summed E-state index contributed by atoms with van der Waals surface area (Å²) in [7, 11) is 0. The van der Waals surface area contributed by atoms with Crippen molar-refractivity contribution in [3.8, 4) is 0 Å². The van der Waals surface area contributed by atoms with Gasteiger partial charge in [0.1, 0.15) is 17.9 Å². The van der Waals surface area contributed by atoms with E-state index in [1.165, 1.54) is 0 Å². The Balaban J connectivity index is 2.23. The van der Waals surface area contributed by atoms with Crippen molar-refractivity contribution in [1.82, 2.24) is 4.90 Å². The van der Waals surface area contributed by atoms with Crippen LogP contribution in [0.15, 0.2) is 23.8 Å². The van der Waals surface area contributed by atoms with Crippen LogP contribution in [0.5, 0.6) is 0 Å². The van der Waals surface area contributed by atoms with Gasteiger partial charge in [-0.1, -0.05) is 23.7 Å². The average Bonchev–Trinajstić information content (AvgIpc) is 2.64. The fourth-order valence-corrected chi connectivity index (χ4v) is 4.32. The van der Waals surface area contributed by atoms with Crippen LogP contribution in [0.25, 0.3) is 5.76 Å². The van der Waals surface area contributed by atoms with Crippen LogP contribution in [0.4, 0.5) is 0 Å². The van der Waals surface area contributed by atoms with E-state index in [-0.39, 0.29) is 10.6 Å². The molecule has 0 unspecified atom stereocenters. The van der Waals surface area contributed by atoms with Crippen molar-refractivity contribution in [1.29, 1.82) is 0 Å². The van der Waals surface area contributed by atoms with E-state index in [1.54, 1.807) is 39.0 Å². The highest BCUT2D eigenvalue weighted by Crippen LogP contribution is 2.48. The quantitative estimate of drug-likeness (QED) is 0.727. The largest absolute Gasteiger partial charge is 0.506 e. The van der Waals surface area contributed by atoms with Crippen LogP contribution in [0.1, 0.15) is 44.7 Å². The minimum Gasteiger partial charge on any atom is -0.506 e. The Hall–Kier alpha value is -2.38. The van der Waals surface area contributed by atoms with Crippen LogP contribution in [0, 0.1) is 0 Å². The first-order chi connectivity index (χ1) is 13.5. The maximum Gasteiger partial charge on any atom is 0.323 e. The van der Waals surface area contributed by atoms with E-state index >= 15 is 0 Å². The summed E-state index contributed by atoms with van der Waals surface area (Å²) in [5, 5.41) is 20.5. The van der Waals surface area contributed by atoms with E-state index in [2.05, 4.69) is 0 Å². The monoisotopic (exact) mass is 421 g/mol. The normalized spacial score (nSPS) is 18.6. The number of hydrogen-bond donors (Lipinski definition) is 2. The van der Waals surface area contributed by atoms with Crippen molar-refractivity contribution in [2.24, 2.45) is 0 Å². The molecule has 7 nitrogen and oxygen atoms in total. The molecule has 0 saturated carbocycles. The number of benzene rings is 1. The molecule has 29 heavy (non-hydrogen) atoms. The fourth-order valence-electron chi connectivity index (χ4n) is 4.06. The number of amides is 1. The second-order valence-electron chi connectivity index (χ2n) is 8.37. The van der Waals surface area contributed by atoms with Crippen LogP contribution in [0.2, 0.25) is 5.02 Å². The molecule has 2 N–H and O–H groups in total. The number of rotatable bonds is 3. The molecule has 1 saturated heterocycles. The van der Waals surface area contributed by atoms with Crippen molar-refractivity contribution in [2.45, 2.75) is 44.6 Å². The zero-order valence-corrected chi connectivity index (χ0v) is 17.4. The van der Waals surface area contributed by atoms with E-state index in [0.717, 1.165) is 4.90 Å². The van der Waals surface area contributed by atoms with Gasteiger partial charge >= 0.3 is 5.97 Å². The second-order valence-corrected chi connectivity index (χ2v) is 8.77. The van der Waals surface area contributed by atoms with Gasteiger partial charge in [-0.2, -0.15) is 0 Å². The Morgan fingerprint density at radius 1 is 1.24 bits per heavy atom. The third kappa shape index (κ3) is 3.53. The number of ether oxygens (including phenoxy) is 1. The van der Waals surface area contributed by atoms with Gasteiger partial charge in [0.15, 0.2) is 5.78 Å². The molecule has 1 amide bonds. The van der Waals surface area contributed by atoms with E-state index in [1.807, 2.05) is 0 Å². The van der Waals surface area contributed by atoms with Crippen LogP contribution in [-0.4, -0.2) is 58.1 Å². The Kier molecular flexibility index (Phi) is 5.49. The molecule has 1 spiro atoms. The summed E-state index contributed by atoms with van der Waals surface area (Å²) in [6.07, 6.45) is 0.690. The SMILES string of the molecule is CC(C)(C)N(CC(=O)O)C(=O)C1=C(O)c2c(Cl)cccc2C2(CCOCC2)C1=O. The molecule has 1 aliphatic carbocycles. The summed E-state index contributed by atoms with van der Waals surface area (Å²) in [5.41, 5.74) is -1.51. The number of halogens is 1. The molecule has 2 aliphatic rings. The lowest BCUT2D eigenvalue weighted by atomic mass is 9.64. The van der Waals surface area contributed by atoms with Crippen molar-refractivity contribution in [2.75, 3.05) is 19.8 Å². The number of hydrogen-bond acceptors (Lipinski definition) is 5. The van der Waals surface area contributed by atoms with Crippen molar-refractivity contribution >= 4 is 35.0 Å². The summed E-state index contributed by atoms with van der Waals surface area (Å²) in [6, 6.07) is 5.03. The third-order valence-electron chi connectivity index (χ3n) is 5.57. The van der Waals surface area contributed by atoms with E-state index in [0.29, 0.717) is 31.6 Å². The molecule has 0 bridgehead atoms. The fraction of sp³-hybridized carbons (Fsp3) is 0.476. The van der Waals surface area contributed by atoms with Gasteiger partial charge in [0.05, 0.1) is 10.4 Å². The molecule has 8 heteroatoms. The number of carbonyl (C=O) groups excluding carboxylic acids is 2. The van der Waals surface area contributed by atoms with Gasteiger partial charge in [-0.25, -0.2) is 0 Å². The number of aliphatic hydroxyl groups is 1. The van der Waals surface area contributed by atoms with Crippen LogP contribution < -0.4 is 0 Å². The summed E-state index contributed by atoms with van der Waals surface area (Å²) in [5.74, 6) is -3.05. The number of fused-ring (bicyclic) bond motifs is 2. The van der Waals surface area contributed by atoms with Gasteiger partial charge in [0, 0.05) is 24.3 Å². The number of aliphatic carboxylic acids is 1. The van der Waals surface area contributed by atoms with Crippen molar-refractivity contribution in [3.05, 3.63) is 39.9 Å². The van der Waals surface area contributed by atoms with E-state index < -0.39 is 46.5 Å². The first-order valence-corrected chi connectivity index (χ1v) is 9.77. The number of carboxylic acid groups (broad SMARTS) is 1. The molecule has 1 aromatic rings. The van der Waals surface area contributed by atoms with Gasteiger partial charge in [0.2, 0.25) is 0 Å². The van der Waals surface area contributed by atoms with Gasteiger partial charge < -0.3 is 19.8 Å². The number of carboxylic acids is 1. The first kappa shape index (κ1) is 21.3. The predicted octanol–water partition coefficient (Wildman–Crippen LogP) is 2.95. The molecule has 156 valence electrons. The Morgan fingerprint density at radius 3 is 2.41 bits per heavy atom. The Bertz CT molecular complexity index is 908. The number of nitrogens with zero attached hydrogens (tertiary/aromatic N) is 1. The highest BCUT2D eigenvalue weighted by Gasteiger charge is 2.52. The number of aliphatic hydroxyl groups excluding tert-OH is 1. The second kappa shape index (κ2) is 7.46. The topological polar surface area (TPSA) is 104 Å². The number of Topliss-reactive ketones (excluding diaryl/α,β-unsaturated/α-hetero) is 1. The molecule has 0 radical (unpaired) electrons. The Morgan fingerprint density at radius 2 is 1.86 bits per heavy atom. The molecular formula is C21H24ClNO6. The lowest BCUT2D eigenvalue weighted by Crippen LogP contribution is -2.53. The number of carbonyl (C=O) groups is 3. The third-order valence-corrected chi connectivity index (χ3v) is 5.89. The van der Waals surface area contributed by atoms with Gasteiger partial charge in [-0.05, 0) is 45.2 Å². The lowest BCUT2D eigenvalue weighted by Gasteiger charge is -2.42. The van der Waals surface area contributed by atoms with Crippen LogP contribution in [0.3, 0.4) is 0 Å². The van der Waals surface area contributed by atoms with Crippen molar-refractivity contribution < 1.29 is 29.3 Å². The molecule has 1 heterocycles. The Labute approximate surface area is 173 Å². The summed E-state index contributed by atoms with van der Waals surface area (Å²) in [6.45, 7) is 5.08. The molecular weight excluding hydrogens is 398 g/mol. The average molecular weight is 422 g/mol. The van der Waals surface area contributed by atoms with E-state index in [4.69, 9.17) is 16.3 Å². The van der Waals surface area contributed by atoms with Gasteiger partial charge in [0.25, 0.3) is 5.91 Å². The van der Waals surface area contributed by atoms with Gasteiger partial charge in [-0.15, -0.1) is 0 Å². The molecule has 1 aliphatic heterocycles. The molecule has 0 aromatic heterocycles. The highest BCUT2D eigenvalue weighted by atomic mass is 35.5. The zero-order chi connectivity index (χ0) is 21.6. The first-order valence-electron chi connectivity index (χ1n) is 9.39. The minimum atomic E-state index is -1.21. The summed E-state index contributed by atoms with van der Waals surface area (Å²) in [4.78, 5) is 39.5. The van der Waals surface area contributed by atoms with Crippen LogP contribution >= 0.6 is 11.6 Å². The standard InChI is InChI=1S/C21H24ClNO6/c1-20(2,3)23(11-14(24)25)19(28)16-17(26)15-12(5-4-6-13(15)22)21(18(16)27)7-9-29-10-8-21/h4-6,26H,7-11H2,1-3H3,(H,24,25).